The molecule has 2 rings (SSSR count). The summed E-state index contributed by atoms with van der Waals surface area (Å²) in [5.41, 5.74) is 0.542. The third-order valence-corrected chi connectivity index (χ3v) is 6.19. The van der Waals surface area contributed by atoms with E-state index in [1.165, 1.54) is 19.2 Å². The Morgan fingerprint density at radius 2 is 2.21 bits per heavy atom. The number of thiazole rings is 1. The summed E-state index contributed by atoms with van der Waals surface area (Å²) < 4.78 is 26.9. The highest BCUT2D eigenvalue weighted by Crippen LogP contribution is 2.25. The molecule has 0 aliphatic carbocycles. The summed E-state index contributed by atoms with van der Waals surface area (Å²) in [6.45, 7) is 1.52. The highest BCUT2D eigenvalue weighted by molar-refractivity contribution is 9.10. The van der Waals surface area contributed by atoms with Gasteiger partial charge in [-0.2, -0.15) is 0 Å². The van der Waals surface area contributed by atoms with Gasteiger partial charge in [0.2, 0.25) is 0 Å². The van der Waals surface area contributed by atoms with Gasteiger partial charge in [-0.05, 0) is 28.9 Å². The first-order valence-electron chi connectivity index (χ1n) is 4.83. The van der Waals surface area contributed by atoms with E-state index < -0.39 is 14.9 Å². The molecule has 0 radical (unpaired) electrons. The van der Waals surface area contributed by atoms with Crippen molar-refractivity contribution in [2.75, 3.05) is 4.72 Å². The van der Waals surface area contributed by atoms with Crippen LogP contribution < -0.4 is 9.60 Å². The summed E-state index contributed by atoms with van der Waals surface area (Å²) in [7, 11) is -3.82. The number of aryl methyl sites for hydroxylation is 1. The lowest BCUT2D eigenvalue weighted by molar-refractivity contribution is 0.602. The topological polar surface area (TPSA) is 91.9 Å². The van der Waals surface area contributed by atoms with E-state index in [2.05, 4.69) is 30.6 Å². The van der Waals surface area contributed by atoms with Gasteiger partial charge < -0.3 is 4.98 Å². The minimum Gasteiger partial charge on any atom is -0.315 e. The van der Waals surface area contributed by atoms with E-state index in [0.717, 1.165) is 0 Å². The molecule has 0 bridgehead atoms. The quantitative estimate of drug-likeness (QED) is 0.795. The molecule has 0 amide bonds. The van der Waals surface area contributed by atoms with E-state index in [1.807, 2.05) is 0 Å². The highest BCUT2D eigenvalue weighted by atomic mass is 79.9. The number of nitrogens with zero attached hydrogens (tertiary/aromatic N) is 1. The SMILES string of the molecule is Cc1[nH]c(=O)sc1S(=O)(=O)Nc1cnc(Cl)c(Br)c1. The third kappa shape index (κ3) is 3.16. The van der Waals surface area contributed by atoms with E-state index in [1.54, 1.807) is 0 Å². The maximum absolute atomic E-state index is 12.1. The van der Waals surface area contributed by atoms with Crippen LogP contribution in [0.25, 0.3) is 0 Å². The molecule has 0 aliphatic rings. The van der Waals surface area contributed by atoms with Crippen molar-refractivity contribution in [2.45, 2.75) is 11.1 Å². The minimum absolute atomic E-state index is 0.0522. The standard InChI is InChI=1S/C9H7BrClN3O3S2/c1-4-8(18-9(15)13-4)19(16,17)14-5-2-6(10)7(11)12-3-5/h2-3,14H,1H3,(H,13,15). The Bertz CT molecular complexity index is 784. The average Bonchev–Trinajstić information content (AvgIpc) is 2.63. The Morgan fingerprint density at radius 1 is 1.53 bits per heavy atom. The molecular weight excluding hydrogens is 378 g/mol. The molecule has 6 nitrogen and oxygen atoms in total. The second-order valence-corrected chi connectivity index (χ2v) is 7.60. The monoisotopic (exact) mass is 383 g/mol. The minimum atomic E-state index is -3.82. The van der Waals surface area contributed by atoms with Crippen molar-refractivity contribution in [3.63, 3.8) is 0 Å². The van der Waals surface area contributed by atoms with Gasteiger partial charge in [0, 0.05) is 5.69 Å². The number of pyridine rings is 1. The summed E-state index contributed by atoms with van der Waals surface area (Å²) in [4.78, 5) is 16.9. The summed E-state index contributed by atoms with van der Waals surface area (Å²) >= 11 is 9.49. The summed E-state index contributed by atoms with van der Waals surface area (Å²) in [6, 6.07) is 1.48. The Balaban J connectivity index is 2.39. The van der Waals surface area contributed by atoms with Crippen molar-refractivity contribution in [3.8, 4) is 0 Å². The van der Waals surface area contributed by atoms with Gasteiger partial charge in [0.15, 0.2) is 4.21 Å². The highest BCUT2D eigenvalue weighted by Gasteiger charge is 2.21. The van der Waals surface area contributed by atoms with E-state index >= 15 is 0 Å². The third-order valence-electron chi connectivity index (χ3n) is 2.07. The first kappa shape index (κ1) is 14.5. The molecule has 2 aromatic heterocycles. The van der Waals surface area contributed by atoms with E-state index in [-0.39, 0.29) is 15.0 Å². The van der Waals surface area contributed by atoms with Crippen molar-refractivity contribution >= 4 is 54.6 Å². The molecule has 19 heavy (non-hydrogen) atoms. The predicted molar refractivity (Wildman–Crippen MR) is 77.4 cm³/mol. The van der Waals surface area contributed by atoms with Crippen LogP contribution in [0.5, 0.6) is 0 Å². The van der Waals surface area contributed by atoms with Crippen LogP contribution in [0.15, 0.2) is 25.7 Å². The maximum Gasteiger partial charge on any atom is 0.306 e. The fourth-order valence-corrected chi connectivity index (χ4v) is 4.11. The van der Waals surface area contributed by atoms with Crippen LogP contribution >= 0.6 is 38.9 Å². The van der Waals surface area contributed by atoms with Gasteiger partial charge in [-0.3, -0.25) is 9.52 Å². The van der Waals surface area contributed by atoms with Gasteiger partial charge in [0.25, 0.3) is 10.0 Å². The predicted octanol–water partition coefficient (Wildman–Crippen LogP) is 2.36. The smallest absolute Gasteiger partial charge is 0.306 e. The van der Waals surface area contributed by atoms with Crippen molar-refractivity contribution in [1.82, 2.24) is 9.97 Å². The van der Waals surface area contributed by atoms with E-state index in [4.69, 9.17) is 11.6 Å². The largest absolute Gasteiger partial charge is 0.315 e. The molecule has 0 aromatic carbocycles. The number of rotatable bonds is 3. The van der Waals surface area contributed by atoms with Crippen LogP contribution in [0.1, 0.15) is 5.69 Å². The molecule has 0 saturated heterocycles. The zero-order chi connectivity index (χ0) is 14.2. The second-order valence-electron chi connectivity index (χ2n) is 3.53. The van der Waals surface area contributed by atoms with Gasteiger partial charge in [0.05, 0.1) is 16.4 Å². The lowest BCUT2D eigenvalue weighted by atomic mass is 10.4. The zero-order valence-electron chi connectivity index (χ0n) is 9.40. The number of hydrogen-bond acceptors (Lipinski definition) is 5. The molecule has 0 saturated carbocycles. The van der Waals surface area contributed by atoms with E-state index in [0.29, 0.717) is 21.5 Å². The average molecular weight is 385 g/mol. The second kappa shape index (κ2) is 5.23. The number of H-pyrrole nitrogens is 1. The Morgan fingerprint density at radius 3 is 2.74 bits per heavy atom. The molecule has 2 heterocycles. The van der Waals surface area contributed by atoms with Gasteiger partial charge in [-0.25, -0.2) is 13.4 Å². The molecule has 2 N–H and O–H groups in total. The van der Waals surface area contributed by atoms with Gasteiger partial charge in [-0.15, -0.1) is 0 Å². The normalized spacial score (nSPS) is 11.5. The molecule has 0 unspecified atom stereocenters. The molecule has 0 atom stereocenters. The van der Waals surface area contributed by atoms with Crippen molar-refractivity contribution in [3.05, 3.63) is 37.3 Å². The lowest BCUT2D eigenvalue weighted by Gasteiger charge is -2.07. The Kier molecular flexibility index (Phi) is 4.00. The number of aromatic amines is 1. The number of anilines is 1. The van der Waals surface area contributed by atoms with Gasteiger partial charge in [-0.1, -0.05) is 22.9 Å². The first-order valence-corrected chi connectivity index (χ1v) is 8.30. The number of hydrogen-bond donors (Lipinski definition) is 2. The molecule has 10 heteroatoms. The number of aromatic nitrogens is 2. The lowest BCUT2D eigenvalue weighted by Crippen LogP contribution is -2.12. The van der Waals surface area contributed by atoms with Crippen LogP contribution in [0.4, 0.5) is 5.69 Å². The van der Waals surface area contributed by atoms with Gasteiger partial charge in [0.1, 0.15) is 5.15 Å². The van der Waals surface area contributed by atoms with Crippen LogP contribution in [0, 0.1) is 6.92 Å². The van der Waals surface area contributed by atoms with Crippen LogP contribution in [0.3, 0.4) is 0 Å². The number of nitrogens with one attached hydrogen (secondary N) is 2. The number of sulfonamides is 1. The summed E-state index contributed by atoms with van der Waals surface area (Å²) in [5.74, 6) is 0. The molecule has 0 aliphatic heterocycles. The first-order chi connectivity index (χ1) is 8.79. The molecule has 0 fully saturated rings. The van der Waals surface area contributed by atoms with Crippen molar-refractivity contribution in [2.24, 2.45) is 0 Å². The Labute approximate surface area is 126 Å². The maximum atomic E-state index is 12.1. The van der Waals surface area contributed by atoms with Crippen LogP contribution in [-0.2, 0) is 10.0 Å². The molecular formula is C9H7BrClN3O3S2. The van der Waals surface area contributed by atoms with Crippen LogP contribution in [0.2, 0.25) is 5.15 Å². The molecule has 2 aromatic rings. The van der Waals surface area contributed by atoms with Crippen molar-refractivity contribution in [1.29, 1.82) is 0 Å². The summed E-state index contributed by atoms with van der Waals surface area (Å²) in [5, 5.41) is 0.227. The number of halogens is 2. The van der Waals surface area contributed by atoms with Gasteiger partial charge >= 0.3 is 4.87 Å². The molecule has 0 spiro atoms. The summed E-state index contributed by atoms with van der Waals surface area (Å²) in [6.07, 6.45) is 1.29. The van der Waals surface area contributed by atoms with E-state index in [9.17, 15) is 13.2 Å². The van der Waals surface area contributed by atoms with Crippen LogP contribution in [-0.4, -0.2) is 18.4 Å². The van der Waals surface area contributed by atoms with Crippen molar-refractivity contribution < 1.29 is 8.42 Å². The zero-order valence-corrected chi connectivity index (χ0v) is 13.4. The Hall–Kier alpha value is -0.900. The molecule has 102 valence electrons. The fourth-order valence-electron chi connectivity index (χ4n) is 1.33. The fraction of sp³-hybridized carbons (Fsp3) is 0.111.